The van der Waals surface area contributed by atoms with Crippen LogP contribution in [0, 0.1) is 0 Å². The van der Waals surface area contributed by atoms with Gasteiger partial charge in [0.15, 0.2) is 0 Å². The van der Waals surface area contributed by atoms with Crippen LogP contribution in [0.5, 0.6) is 0 Å². The number of carbonyl (C=O) groups is 2. The summed E-state index contributed by atoms with van der Waals surface area (Å²) in [7, 11) is 3.80. The molecule has 1 amide bonds. The van der Waals surface area contributed by atoms with Gasteiger partial charge in [-0.2, -0.15) is 0 Å². The maximum absolute atomic E-state index is 11.9. The lowest BCUT2D eigenvalue weighted by molar-refractivity contribution is -0.143. The van der Waals surface area contributed by atoms with Crippen LogP contribution in [-0.4, -0.2) is 55.5 Å². The number of hydrogen-bond donors (Lipinski definition) is 0. The Labute approximate surface area is 108 Å². The molecule has 5 nitrogen and oxygen atoms in total. The molecule has 0 saturated carbocycles. The van der Waals surface area contributed by atoms with E-state index in [1.165, 1.54) is 17.1 Å². The van der Waals surface area contributed by atoms with Crippen molar-refractivity contribution >= 4 is 11.9 Å². The van der Waals surface area contributed by atoms with E-state index in [9.17, 15) is 9.59 Å². The van der Waals surface area contributed by atoms with Gasteiger partial charge in [0.1, 0.15) is 12.3 Å². The second-order valence-corrected chi connectivity index (χ2v) is 4.38. The van der Waals surface area contributed by atoms with Crippen molar-refractivity contribution in [3.63, 3.8) is 0 Å². The van der Waals surface area contributed by atoms with Gasteiger partial charge in [-0.15, -0.1) is 0 Å². The number of ether oxygens (including phenoxy) is 1. The maximum atomic E-state index is 11.9. The van der Waals surface area contributed by atoms with Gasteiger partial charge < -0.3 is 14.5 Å². The third-order valence-corrected chi connectivity index (χ3v) is 2.62. The van der Waals surface area contributed by atoms with Crippen molar-refractivity contribution in [2.24, 2.45) is 0 Å². The summed E-state index contributed by atoms with van der Waals surface area (Å²) in [5.41, 5.74) is 0.284. The molecule has 1 saturated heterocycles. The number of allylic oxidation sites excluding steroid dienone is 2. The predicted molar refractivity (Wildman–Crippen MR) is 68.7 cm³/mol. The Bertz CT molecular complexity index is 361. The molecule has 0 spiro atoms. The minimum Gasteiger partial charge on any atom is -0.460 e. The lowest BCUT2D eigenvalue weighted by atomic mass is 10.3. The Morgan fingerprint density at radius 1 is 1.56 bits per heavy atom. The summed E-state index contributed by atoms with van der Waals surface area (Å²) in [5.74, 6) is -0.500. The summed E-state index contributed by atoms with van der Waals surface area (Å²) in [4.78, 5) is 26.9. The first-order valence-corrected chi connectivity index (χ1v) is 6.01. The first-order valence-electron chi connectivity index (χ1n) is 6.01. The Morgan fingerprint density at radius 3 is 2.78 bits per heavy atom. The van der Waals surface area contributed by atoms with Crippen LogP contribution >= 0.6 is 0 Å². The van der Waals surface area contributed by atoms with E-state index in [2.05, 4.69) is 6.58 Å². The molecule has 0 radical (unpaired) electrons. The van der Waals surface area contributed by atoms with Gasteiger partial charge in [0, 0.05) is 19.5 Å². The zero-order chi connectivity index (χ0) is 13.5. The molecule has 1 heterocycles. The first-order chi connectivity index (χ1) is 8.56. The van der Waals surface area contributed by atoms with Crippen LogP contribution in [0.25, 0.3) is 0 Å². The second kappa shape index (κ2) is 6.96. The van der Waals surface area contributed by atoms with Crippen molar-refractivity contribution in [2.75, 3.05) is 33.8 Å². The van der Waals surface area contributed by atoms with Gasteiger partial charge in [-0.3, -0.25) is 4.79 Å². The highest BCUT2D eigenvalue weighted by Crippen LogP contribution is 2.17. The monoisotopic (exact) mass is 252 g/mol. The van der Waals surface area contributed by atoms with Crippen LogP contribution in [0.2, 0.25) is 0 Å². The highest BCUT2D eigenvalue weighted by Gasteiger charge is 2.28. The van der Waals surface area contributed by atoms with Crippen LogP contribution in [0.3, 0.4) is 0 Å². The summed E-state index contributed by atoms with van der Waals surface area (Å²) < 4.78 is 5.14. The Kier molecular flexibility index (Phi) is 5.58. The summed E-state index contributed by atoms with van der Waals surface area (Å²) in [5, 5.41) is 0. The van der Waals surface area contributed by atoms with E-state index >= 15 is 0 Å². The molecule has 100 valence electrons. The van der Waals surface area contributed by atoms with Gasteiger partial charge in [0.2, 0.25) is 5.91 Å². The van der Waals surface area contributed by atoms with E-state index in [-0.39, 0.29) is 11.6 Å². The molecule has 0 aliphatic carbocycles. The van der Waals surface area contributed by atoms with Gasteiger partial charge in [-0.1, -0.05) is 12.7 Å². The zero-order valence-corrected chi connectivity index (χ0v) is 11.0. The van der Waals surface area contributed by atoms with Gasteiger partial charge in [-0.05, 0) is 26.6 Å². The van der Waals surface area contributed by atoms with Crippen molar-refractivity contribution in [1.82, 2.24) is 9.80 Å². The van der Waals surface area contributed by atoms with Crippen molar-refractivity contribution in [3.05, 3.63) is 24.4 Å². The molecule has 18 heavy (non-hydrogen) atoms. The van der Waals surface area contributed by atoms with Crippen LogP contribution in [0.15, 0.2) is 24.4 Å². The standard InChI is InChI=1S/C13H20N2O3/c1-4-6-11(15-8-5-7-12(15)16)13(17)18-10-9-14(2)3/h4,6H,1,5,7-10H2,2-3H3. The molecule has 1 fully saturated rings. The fourth-order valence-corrected chi connectivity index (χ4v) is 1.68. The molecular weight excluding hydrogens is 232 g/mol. The molecule has 1 rings (SSSR count). The average Bonchev–Trinajstić information content (AvgIpc) is 2.71. The minimum absolute atomic E-state index is 0.0346. The van der Waals surface area contributed by atoms with Crippen molar-refractivity contribution in [3.8, 4) is 0 Å². The summed E-state index contributed by atoms with van der Waals surface area (Å²) in [6.45, 7) is 5.09. The number of esters is 1. The first kappa shape index (κ1) is 14.4. The van der Waals surface area contributed by atoms with E-state index in [1.54, 1.807) is 0 Å². The fraction of sp³-hybridized carbons (Fsp3) is 0.538. The third kappa shape index (κ3) is 4.00. The lowest BCUT2D eigenvalue weighted by Crippen LogP contribution is -2.31. The minimum atomic E-state index is -0.466. The van der Waals surface area contributed by atoms with Crippen LogP contribution in [-0.2, 0) is 14.3 Å². The Hall–Kier alpha value is -1.62. The third-order valence-electron chi connectivity index (χ3n) is 2.62. The number of hydrogen-bond acceptors (Lipinski definition) is 4. The average molecular weight is 252 g/mol. The Morgan fingerprint density at radius 2 is 2.28 bits per heavy atom. The topological polar surface area (TPSA) is 49.9 Å². The molecule has 0 N–H and O–H groups in total. The second-order valence-electron chi connectivity index (χ2n) is 4.38. The SMILES string of the molecule is C=CC=C(C(=O)OCCN(C)C)N1CCCC1=O. The molecule has 1 aliphatic rings. The van der Waals surface area contributed by atoms with Crippen LogP contribution < -0.4 is 0 Å². The number of likely N-dealkylation sites (N-methyl/N-ethyl adjacent to an activating group) is 1. The van der Waals surface area contributed by atoms with Crippen molar-refractivity contribution in [1.29, 1.82) is 0 Å². The molecule has 0 aromatic rings. The van der Waals surface area contributed by atoms with Crippen molar-refractivity contribution < 1.29 is 14.3 Å². The molecule has 0 unspecified atom stereocenters. The number of nitrogens with zero attached hydrogens (tertiary/aromatic N) is 2. The van der Waals surface area contributed by atoms with E-state index in [1.807, 2.05) is 19.0 Å². The van der Waals surface area contributed by atoms with E-state index in [4.69, 9.17) is 4.74 Å². The zero-order valence-electron chi connectivity index (χ0n) is 11.0. The van der Waals surface area contributed by atoms with Crippen molar-refractivity contribution in [2.45, 2.75) is 12.8 Å². The van der Waals surface area contributed by atoms with Gasteiger partial charge >= 0.3 is 5.97 Å². The predicted octanol–water partition coefficient (Wildman–Crippen LogP) is 0.783. The number of rotatable bonds is 6. The molecule has 5 heteroatoms. The van der Waals surface area contributed by atoms with E-state index < -0.39 is 5.97 Å². The summed E-state index contributed by atoms with van der Waals surface area (Å²) in [6, 6.07) is 0. The van der Waals surface area contributed by atoms with Gasteiger partial charge in [-0.25, -0.2) is 4.79 Å². The highest BCUT2D eigenvalue weighted by atomic mass is 16.5. The molecule has 0 atom stereocenters. The molecular formula is C13H20N2O3. The van der Waals surface area contributed by atoms with Crippen LogP contribution in [0.4, 0.5) is 0 Å². The van der Waals surface area contributed by atoms with E-state index in [0.29, 0.717) is 26.1 Å². The molecule has 0 aromatic carbocycles. The quantitative estimate of drug-likeness (QED) is 0.398. The lowest BCUT2D eigenvalue weighted by Gasteiger charge is -2.18. The summed E-state index contributed by atoms with van der Waals surface area (Å²) >= 11 is 0. The van der Waals surface area contributed by atoms with Gasteiger partial charge in [0.05, 0.1) is 0 Å². The van der Waals surface area contributed by atoms with Gasteiger partial charge in [0.25, 0.3) is 0 Å². The number of amides is 1. The number of likely N-dealkylation sites (tertiary alicyclic amines) is 1. The molecule has 0 bridgehead atoms. The molecule has 1 aliphatic heterocycles. The van der Waals surface area contributed by atoms with Crippen LogP contribution in [0.1, 0.15) is 12.8 Å². The molecule has 0 aromatic heterocycles. The Balaban J connectivity index is 2.62. The largest absolute Gasteiger partial charge is 0.460 e. The normalized spacial score (nSPS) is 16.3. The fourth-order valence-electron chi connectivity index (χ4n) is 1.68. The number of carbonyl (C=O) groups excluding carboxylic acids is 2. The summed E-state index contributed by atoms with van der Waals surface area (Å²) in [6.07, 6.45) is 4.28. The smallest absolute Gasteiger partial charge is 0.355 e. The maximum Gasteiger partial charge on any atom is 0.355 e. The van der Waals surface area contributed by atoms with E-state index in [0.717, 1.165) is 6.42 Å². The highest BCUT2D eigenvalue weighted by molar-refractivity contribution is 5.94.